The molecule has 3 N–H and O–H groups in total. The Morgan fingerprint density at radius 3 is 2.80 bits per heavy atom. The summed E-state index contributed by atoms with van der Waals surface area (Å²) in [5.41, 5.74) is 10.5. The van der Waals surface area contributed by atoms with Crippen LogP contribution >= 0.6 is 0 Å². The van der Waals surface area contributed by atoms with E-state index in [1.54, 1.807) is 19.5 Å². The quantitative estimate of drug-likeness (QED) is 0.432. The first-order chi connectivity index (χ1) is 14.7. The third-order valence-corrected chi connectivity index (χ3v) is 4.62. The van der Waals surface area contributed by atoms with E-state index in [9.17, 15) is 0 Å². The summed E-state index contributed by atoms with van der Waals surface area (Å²) in [6, 6.07) is 17.6. The van der Waals surface area contributed by atoms with Gasteiger partial charge in [-0.3, -0.25) is 4.98 Å². The minimum Gasteiger partial charge on any atom is -0.475 e. The van der Waals surface area contributed by atoms with Crippen LogP contribution in [0.2, 0.25) is 0 Å². The minimum atomic E-state index is 0.441. The number of nitrogens with zero attached hydrogens (tertiary/aromatic N) is 3. The topological polar surface area (TPSA) is 95.2 Å². The molecule has 7 nitrogen and oxygen atoms in total. The Kier molecular flexibility index (Phi) is 6.01. The molecule has 0 unspecified atom stereocenters. The minimum absolute atomic E-state index is 0.441. The average molecular weight is 401 g/mol. The number of rotatable bonds is 8. The van der Waals surface area contributed by atoms with Crippen molar-refractivity contribution in [1.82, 2.24) is 15.0 Å². The Morgan fingerprint density at radius 2 is 1.90 bits per heavy atom. The number of nitrogens with two attached hydrogens (primary N) is 1. The number of fused-ring (bicyclic) bond motifs is 1. The van der Waals surface area contributed by atoms with Crippen molar-refractivity contribution >= 4 is 22.4 Å². The Morgan fingerprint density at radius 1 is 0.967 bits per heavy atom. The molecule has 4 aromatic rings. The van der Waals surface area contributed by atoms with Gasteiger partial charge in [-0.2, -0.15) is 0 Å². The van der Waals surface area contributed by atoms with Crippen LogP contribution in [0.3, 0.4) is 0 Å². The van der Waals surface area contributed by atoms with Crippen LogP contribution in [-0.4, -0.2) is 35.3 Å². The molecular weight excluding hydrogens is 378 g/mol. The molecule has 30 heavy (non-hydrogen) atoms. The van der Waals surface area contributed by atoms with Gasteiger partial charge in [-0.15, -0.1) is 0 Å². The Hall–Kier alpha value is -3.71. The van der Waals surface area contributed by atoms with Gasteiger partial charge in [0.15, 0.2) is 0 Å². The maximum atomic E-state index is 6.15. The van der Waals surface area contributed by atoms with Gasteiger partial charge in [-0.25, -0.2) is 9.97 Å². The van der Waals surface area contributed by atoms with Crippen LogP contribution in [0.25, 0.3) is 22.2 Å². The van der Waals surface area contributed by atoms with Gasteiger partial charge in [-0.1, -0.05) is 12.1 Å². The normalized spacial score (nSPS) is 10.8. The zero-order valence-corrected chi connectivity index (χ0v) is 16.7. The molecule has 1 aromatic carbocycles. The predicted octanol–water partition coefficient (Wildman–Crippen LogP) is 3.91. The first kappa shape index (κ1) is 19.6. The van der Waals surface area contributed by atoms with E-state index < -0.39 is 0 Å². The van der Waals surface area contributed by atoms with E-state index in [1.807, 2.05) is 36.4 Å². The van der Waals surface area contributed by atoms with Gasteiger partial charge in [0.25, 0.3) is 0 Å². The molecule has 0 fully saturated rings. The summed E-state index contributed by atoms with van der Waals surface area (Å²) in [6.45, 7) is 1.55. The molecule has 152 valence electrons. The number of nitrogen functional groups attached to an aromatic ring is 1. The van der Waals surface area contributed by atoms with Crippen LogP contribution in [0.1, 0.15) is 5.56 Å². The largest absolute Gasteiger partial charge is 0.475 e. The fraction of sp³-hybridized carbons (Fsp3) is 0.174. The number of hydrogen-bond acceptors (Lipinski definition) is 7. The summed E-state index contributed by atoms with van der Waals surface area (Å²) in [7, 11) is 1.63. The van der Waals surface area contributed by atoms with Crippen LogP contribution in [0.15, 0.2) is 67.0 Å². The molecule has 0 aliphatic rings. The van der Waals surface area contributed by atoms with Crippen LogP contribution in [-0.2, 0) is 11.3 Å². The zero-order valence-electron chi connectivity index (χ0n) is 16.7. The summed E-state index contributed by atoms with van der Waals surface area (Å²) in [5.74, 6) is 1.17. The molecule has 0 saturated carbocycles. The number of aromatic nitrogens is 3. The van der Waals surface area contributed by atoms with Gasteiger partial charge < -0.3 is 20.5 Å². The molecule has 0 atom stereocenters. The van der Waals surface area contributed by atoms with E-state index in [1.165, 1.54) is 0 Å². The van der Waals surface area contributed by atoms with Crippen molar-refractivity contribution in [3.63, 3.8) is 0 Å². The lowest BCUT2D eigenvalue weighted by molar-refractivity contribution is 0.144. The second-order valence-electron chi connectivity index (χ2n) is 6.74. The zero-order chi connectivity index (χ0) is 20.8. The summed E-state index contributed by atoms with van der Waals surface area (Å²) in [6.07, 6.45) is 3.50. The van der Waals surface area contributed by atoms with E-state index in [-0.39, 0.29) is 0 Å². The predicted molar refractivity (Wildman–Crippen MR) is 118 cm³/mol. The Balaban J connectivity index is 1.51. The van der Waals surface area contributed by atoms with E-state index in [4.69, 9.17) is 20.2 Å². The monoisotopic (exact) mass is 401 g/mol. The number of methoxy groups -OCH3 is 1. The Bertz CT molecular complexity index is 1150. The maximum Gasteiger partial charge on any atom is 0.213 e. The highest BCUT2D eigenvalue weighted by Crippen LogP contribution is 2.25. The van der Waals surface area contributed by atoms with Crippen LogP contribution in [0.5, 0.6) is 5.88 Å². The maximum absolute atomic E-state index is 6.15. The van der Waals surface area contributed by atoms with Crippen LogP contribution < -0.4 is 15.8 Å². The standard InChI is InChI=1S/C23H23N5O2/c1-29-11-12-30-22-14-18(8-10-26-22)21-7-5-19(24)23(28-21)27-15-16-4-6-20-17(13-16)3-2-9-25-20/h2-10,13-14H,11-12,15,24H2,1H3,(H,27,28). The number of anilines is 2. The third-order valence-electron chi connectivity index (χ3n) is 4.62. The molecule has 0 aliphatic carbocycles. The van der Waals surface area contributed by atoms with Crippen molar-refractivity contribution in [2.45, 2.75) is 6.54 Å². The number of ether oxygens (including phenoxy) is 2. The summed E-state index contributed by atoms with van der Waals surface area (Å²) >= 11 is 0. The fourth-order valence-electron chi connectivity index (χ4n) is 3.07. The second-order valence-corrected chi connectivity index (χ2v) is 6.74. The highest BCUT2D eigenvalue weighted by atomic mass is 16.5. The third kappa shape index (κ3) is 4.64. The van der Waals surface area contributed by atoms with Gasteiger partial charge in [0, 0.05) is 43.1 Å². The molecule has 0 spiro atoms. The first-order valence-electron chi connectivity index (χ1n) is 9.65. The van der Waals surface area contributed by atoms with Crippen molar-refractivity contribution in [2.24, 2.45) is 0 Å². The number of hydrogen-bond donors (Lipinski definition) is 2. The van der Waals surface area contributed by atoms with Crippen molar-refractivity contribution in [2.75, 3.05) is 31.4 Å². The lowest BCUT2D eigenvalue weighted by Gasteiger charge is -2.12. The summed E-state index contributed by atoms with van der Waals surface area (Å²) < 4.78 is 10.6. The molecule has 0 saturated heterocycles. The number of nitrogens with one attached hydrogen (secondary N) is 1. The highest BCUT2D eigenvalue weighted by Gasteiger charge is 2.08. The summed E-state index contributed by atoms with van der Waals surface area (Å²) in [4.78, 5) is 13.3. The highest BCUT2D eigenvalue weighted by molar-refractivity contribution is 5.79. The first-order valence-corrected chi connectivity index (χ1v) is 9.65. The van der Waals surface area contributed by atoms with E-state index in [0.717, 1.165) is 27.7 Å². The van der Waals surface area contributed by atoms with E-state index in [0.29, 0.717) is 37.1 Å². The van der Waals surface area contributed by atoms with Gasteiger partial charge >= 0.3 is 0 Å². The molecule has 3 aromatic heterocycles. The molecule has 7 heteroatoms. The summed E-state index contributed by atoms with van der Waals surface area (Å²) in [5, 5.41) is 4.44. The van der Waals surface area contributed by atoms with Gasteiger partial charge in [0.2, 0.25) is 5.88 Å². The van der Waals surface area contributed by atoms with Crippen molar-refractivity contribution in [1.29, 1.82) is 0 Å². The molecule has 0 amide bonds. The van der Waals surface area contributed by atoms with Gasteiger partial charge in [0.05, 0.1) is 23.5 Å². The average Bonchev–Trinajstić information content (AvgIpc) is 2.79. The molecule has 0 bridgehead atoms. The molecule has 4 rings (SSSR count). The molecular formula is C23H23N5O2. The Labute approximate surface area is 174 Å². The van der Waals surface area contributed by atoms with Gasteiger partial charge in [-0.05, 0) is 42.0 Å². The van der Waals surface area contributed by atoms with Crippen molar-refractivity contribution in [3.05, 3.63) is 72.6 Å². The number of benzene rings is 1. The van der Waals surface area contributed by atoms with E-state index >= 15 is 0 Å². The van der Waals surface area contributed by atoms with Crippen molar-refractivity contribution < 1.29 is 9.47 Å². The van der Waals surface area contributed by atoms with Crippen molar-refractivity contribution in [3.8, 4) is 17.1 Å². The smallest absolute Gasteiger partial charge is 0.213 e. The molecule has 3 heterocycles. The lowest BCUT2D eigenvalue weighted by atomic mass is 10.1. The lowest BCUT2D eigenvalue weighted by Crippen LogP contribution is -2.06. The fourth-order valence-corrected chi connectivity index (χ4v) is 3.07. The number of pyridine rings is 3. The second kappa shape index (κ2) is 9.19. The molecule has 0 radical (unpaired) electrons. The van der Waals surface area contributed by atoms with Gasteiger partial charge in [0.1, 0.15) is 12.4 Å². The van der Waals surface area contributed by atoms with E-state index in [2.05, 4.69) is 33.5 Å². The van der Waals surface area contributed by atoms with Crippen LogP contribution in [0, 0.1) is 0 Å². The van der Waals surface area contributed by atoms with Crippen LogP contribution in [0.4, 0.5) is 11.5 Å². The molecule has 0 aliphatic heterocycles. The SMILES string of the molecule is COCCOc1cc(-c2ccc(N)c(NCc3ccc4ncccc4c3)n2)ccn1.